The van der Waals surface area contributed by atoms with Gasteiger partial charge in [0.25, 0.3) is 5.91 Å². The Morgan fingerprint density at radius 3 is 2.60 bits per heavy atom. The van der Waals surface area contributed by atoms with E-state index in [1.807, 2.05) is 19.1 Å². The minimum Gasteiger partial charge on any atom is -0.493 e. The third-order valence-electron chi connectivity index (χ3n) is 3.69. The van der Waals surface area contributed by atoms with E-state index in [4.69, 9.17) is 20.3 Å². The molecule has 7 heteroatoms. The van der Waals surface area contributed by atoms with E-state index in [-0.39, 0.29) is 6.61 Å². The molecule has 0 aliphatic heterocycles. The van der Waals surface area contributed by atoms with E-state index < -0.39 is 5.91 Å². The molecule has 5 N–H and O–H groups in total. The molecular formula is C18H23N3O4. The van der Waals surface area contributed by atoms with Crippen LogP contribution < -0.4 is 25.8 Å². The molecule has 0 spiro atoms. The first-order valence-electron chi connectivity index (χ1n) is 7.79. The van der Waals surface area contributed by atoms with E-state index in [1.165, 1.54) is 0 Å². The zero-order valence-corrected chi connectivity index (χ0v) is 14.6. The summed E-state index contributed by atoms with van der Waals surface area (Å²) in [5, 5.41) is 15.4. The number of ether oxygens (including phenoxy) is 2. The molecule has 0 saturated carbocycles. The van der Waals surface area contributed by atoms with Crippen molar-refractivity contribution < 1.29 is 19.4 Å². The Morgan fingerprint density at radius 1 is 1.24 bits per heavy atom. The number of amides is 1. The van der Waals surface area contributed by atoms with Crippen LogP contribution in [0, 0.1) is 6.92 Å². The molecule has 0 aromatic heterocycles. The van der Waals surface area contributed by atoms with Crippen molar-refractivity contribution in [1.82, 2.24) is 0 Å². The van der Waals surface area contributed by atoms with Crippen molar-refractivity contribution in [1.29, 1.82) is 0 Å². The maximum atomic E-state index is 11.7. The molecule has 0 saturated heterocycles. The number of carbonyl (C=O) groups is 1. The van der Waals surface area contributed by atoms with Crippen LogP contribution >= 0.6 is 0 Å². The van der Waals surface area contributed by atoms with E-state index in [9.17, 15) is 4.79 Å². The summed E-state index contributed by atoms with van der Waals surface area (Å²) in [6, 6.07) is 8.90. The number of benzene rings is 2. The lowest BCUT2D eigenvalue weighted by Crippen LogP contribution is -2.17. The molecule has 7 nitrogen and oxygen atoms in total. The zero-order valence-electron chi connectivity index (χ0n) is 14.6. The first-order chi connectivity index (χ1) is 12.0. The summed E-state index contributed by atoms with van der Waals surface area (Å²) in [5.41, 5.74) is 8.67. The van der Waals surface area contributed by atoms with Gasteiger partial charge in [-0.15, -0.1) is 0 Å². The summed E-state index contributed by atoms with van der Waals surface area (Å²) in [6.07, 6.45) is 0. The van der Waals surface area contributed by atoms with E-state index in [2.05, 4.69) is 10.6 Å². The van der Waals surface area contributed by atoms with Crippen LogP contribution in [-0.2, 0) is 0 Å². The Hall–Kier alpha value is -2.93. The number of anilines is 3. The highest BCUT2D eigenvalue weighted by atomic mass is 16.5. The van der Waals surface area contributed by atoms with Crippen LogP contribution in [0.3, 0.4) is 0 Å². The average Bonchev–Trinajstić information content (AvgIpc) is 2.59. The van der Waals surface area contributed by atoms with E-state index in [0.29, 0.717) is 35.0 Å². The van der Waals surface area contributed by atoms with Crippen LogP contribution in [-0.4, -0.2) is 38.4 Å². The average molecular weight is 345 g/mol. The van der Waals surface area contributed by atoms with Gasteiger partial charge in [-0.2, -0.15) is 0 Å². The predicted molar refractivity (Wildman–Crippen MR) is 98.1 cm³/mol. The summed E-state index contributed by atoms with van der Waals surface area (Å²) in [6.45, 7) is 2.14. The highest BCUT2D eigenvalue weighted by molar-refractivity contribution is 6.02. The van der Waals surface area contributed by atoms with Gasteiger partial charge >= 0.3 is 0 Å². The second-order valence-corrected chi connectivity index (χ2v) is 5.40. The van der Waals surface area contributed by atoms with Crippen molar-refractivity contribution >= 4 is 23.0 Å². The fraction of sp³-hybridized carbons (Fsp3) is 0.278. The maximum absolute atomic E-state index is 11.7. The molecular weight excluding hydrogens is 322 g/mol. The molecule has 2 aromatic carbocycles. The zero-order chi connectivity index (χ0) is 18.4. The SMILES string of the molecule is COc1cc(Nc2cccc(C(N)=O)c2NCCO)cc(C)c1OC. The van der Waals surface area contributed by atoms with Crippen LogP contribution in [0.5, 0.6) is 11.5 Å². The van der Waals surface area contributed by atoms with Gasteiger partial charge in [-0.05, 0) is 30.7 Å². The molecule has 0 heterocycles. The summed E-state index contributed by atoms with van der Waals surface area (Å²) >= 11 is 0. The quantitative estimate of drug-likeness (QED) is 0.585. The van der Waals surface area contributed by atoms with Gasteiger partial charge in [-0.3, -0.25) is 4.79 Å². The lowest BCUT2D eigenvalue weighted by molar-refractivity contribution is 0.100. The first-order valence-corrected chi connectivity index (χ1v) is 7.79. The van der Waals surface area contributed by atoms with Crippen molar-refractivity contribution in [3.8, 4) is 11.5 Å². The van der Waals surface area contributed by atoms with E-state index in [1.54, 1.807) is 32.4 Å². The Bertz CT molecular complexity index is 762. The van der Waals surface area contributed by atoms with Gasteiger partial charge in [0.2, 0.25) is 0 Å². The van der Waals surface area contributed by atoms with E-state index >= 15 is 0 Å². The second-order valence-electron chi connectivity index (χ2n) is 5.40. The summed E-state index contributed by atoms with van der Waals surface area (Å²) in [5.74, 6) is 0.714. The summed E-state index contributed by atoms with van der Waals surface area (Å²) < 4.78 is 10.7. The van der Waals surface area contributed by atoms with Gasteiger partial charge in [-0.1, -0.05) is 6.07 Å². The number of aryl methyl sites for hydroxylation is 1. The number of primary amides is 1. The topological polar surface area (TPSA) is 106 Å². The Labute approximate surface area is 146 Å². The predicted octanol–water partition coefficient (Wildman–Crippen LogP) is 2.26. The number of rotatable bonds is 8. The minimum atomic E-state index is -0.549. The van der Waals surface area contributed by atoms with Gasteiger partial charge in [0.05, 0.1) is 37.8 Å². The molecule has 0 atom stereocenters. The number of carbonyl (C=O) groups excluding carboxylic acids is 1. The molecule has 0 bridgehead atoms. The number of hydrogen-bond acceptors (Lipinski definition) is 6. The van der Waals surface area contributed by atoms with Gasteiger partial charge < -0.3 is 30.9 Å². The van der Waals surface area contributed by atoms with Gasteiger partial charge in [0.1, 0.15) is 0 Å². The molecule has 25 heavy (non-hydrogen) atoms. The molecule has 0 aliphatic rings. The van der Waals surface area contributed by atoms with Crippen LogP contribution in [0.4, 0.5) is 17.1 Å². The Balaban J connectivity index is 2.44. The highest BCUT2D eigenvalue weighted by Gasteiger charge is 2.14. The highest BCUT2D eigenvalue weighted by Crippen LogP contribution is 2.36. The first kappa shape index (κ1) is 18.4. The molecule has 0 aliphatic carbocycles. The molecule has 2 aromatic rings. The molecule has 134 valence electrons. The number of nitrogens with two attached hydrogens (primary N) is 1. The Kier molecular flexibility index (Phi) is 6.08. The van der Waals surface area contributed by atoms with Crippen LogP contribution in [0.1, 0.15) is 15.9 Å². The van der Waals surface area contributed by atoms with E-state index in [0.717, 1.165) is 11.3 Å². The summed E-state index contributed by atoms with van der Waals surface area (Å²) in [4.78, 5) is 11.7. The van der Waals surface area contributed by atoms with Crippen molar-refractivity contribution in [2.75, 3.05) is 38.0 Å². The number of hydrogen-bond donors (Lipinski definition) is 4. The second kappa shape index (κ2) is 8.25. The molecule has 0 unspecified atom stereocenters. The monoisotopic (exact) mass is 345 g/mol. The standard InChI is InChI=1S/C18H23N3O4/c1-11-9-12(10-15(24-2)17(11)25-3)21-14-6-4-5-13(18(19)23)16(14)20-7-8-22/h4-6,9-10,20-22H,7-8H2,1-3H3,(H2,19,23). The Morgan fingerprint density at radius 2 is 2.00 bits per heavy atom. The maximum Gasteiger partial charge on any atom is 0.250 e. The van der Waals surface area contributed by atoms with Gasteiger partial charge in [-0.25, -0.2) is 0 Å². The fourth-order valence-corrected chi connectivity index (χ4v) is 2.62. The summed E-state index contributed by atoms with van der Waals surface area (Å²) in [7, 11) is 3.16. The smallest absolute Gasteiger partial charge is 0.250 e. The number of aliphatic hydroxyl groups is 1. The third kappa shape index (κ3) is 4.13. The number of aliphatic hydroxyl groups excluding tert-OH is 1. The molecule has 2 rings (SSSR count). The van der Waals surface area contributed by atoms with Crippen LogP contribution in [0.25, 0.3) is 0 Å². The van der Waals surface area contributed by atoms with Crippen LogP contribution in [0.15, 0.2) is 30.3 Å². The molecule has 1 amide bonds. The number of para-hydroxylation sites is 1. The van der Waals surface area contributed by atoms with Crippen molar-refractivity contribution in [3.63, 3.8) is 0 Å². The third-order valence-corrected chi connectivity index (χ3v) is 3.69. The number of methoxy groups -OCH3 is 2. The lowest BCUT2D eigenvalue weighted by Gasteiger charge is -2.18. The molecule has 0 fully saturated rings. The number of nitrogens with one attached hydrogen (secondary N) is 2. The minimum absolute atomic E-state index is 0.0675. The van der Waals surface area contributed by atoms with Gasteiger partial charge in [0, 0.05) is 18.3 Å². The molecule has 0 radical (unpaired) electrons. The largest absolute Gasteiger partial charge is 0.493 e. The lowest BCUT2D eigenvalue weighted by atomic mass is 10.1. The van der Waals surface area contributed by atoms with Crippen molar-refractivity contribution in [2.24, 2.45) is 5.73 Å². The normalized spacial score (nSPS) is 10.2. The van der Waals surface area contributed by atoms with Gasteiger partial charge in [0.15, 0.2) is 11.5 Å². The van der Waals surface area contributed by atoms with Crippen molar-refractivity contribution in [3.05, 3.63) is 41.5 Å². The van der Waals surface area contributed by atoms with Crippen molar-refractivity contribution in [2.45, 2.75) is 6.92 Å². The fourth-order valence-electron chi connectivity index (χ4n) is 2.62. The van der Waals surface area contributed by atoms with Crippen LogP contribution in [0.2, 0.25) is 0 Å².